The highest BCUT2D eigenvalue weighted by Crippen LogP contribution is 2.20. The van der Waals surface area contributed by atoms with Gasteiger partial charge in [-0.3, -0.25) is 9.59 Å². The van der Waals surface area contributed by atoms with Crippen LogP contribution in [0.5, 0.6) is 0 Å². The molecule has 1 aromatic heterocycles. The summed E-state index contributed by atoms with van der Waals surface area (Å²) in [5.74, 6) is -0.294. The fraction of sp³-hybridized carbons (Fsp3) is 0.316. The predicted octanol–water partition coefficient (Wildman–Crippen LogP) is 3.34. The fourth-order valence-electron chi connectivity index (χ4n) is 2.93. The first-order valence-electron chi connectivity index (χ1n) is 8.36. The number of nitrogens with zero attached hydrogens (tertiary/aromatic N) is 2. The molecule has 0 spiro atoms. The minimum atomic E-state index is -0.186. The van der Waals surface area contributed by atoms with Crippen molar-refractivity contribution in [3.05, 3.63) is 53.0 Å². The highest BCUT2D eigenvalue weighted by Gasteiger charge is 2.27. The van der Waals surface area contributed by atoms with E-state index in [0.29, 0.717) is 18.2 Å². The number of anilines is 1. The van der Waals surface area contributed by atoms with E-state index in [1.165, 1.54) is 11.3 Å². The lowest BCUT2D eigenvalue weighted by Crippen LogP contribution is -2.43. The Balaban J connectivity index is 1.58. The number of likely N-dealkylation sites (tertiary alicyclic amines) is 1. The molecule has 0 saturated carbocycles. The second-order valence-corrected chi connectivity index (χ2v) is 7.09. The lowest BCUT2D eigenvalue weighted by molar-refractivity contribution is -0.130. The standard InChI is InChI=1S/C19H21N3O2S/c1-14-4-2-5-15(12-14)7-8-17(23)22-10-3-6-16(13-22)18(24)21-19-20-9-11-25-19/h2,4-5,7-9,11-12,16H,3,6,10,13H2,1H3,(H,20,21,24)/b8-7+. The highest BCUT2D eigenvalue weighted by molar-refractivity contribution is 7.13. The lowest BCUT2D eigenvalue weighted by atomic mass is 9.97. The molecule has 2 heterocycles. The molecule has 3 rings (SSSR count). The van der Waals surface area contributed by atoms with E-state index >= 15 is 0 Å². The summed E-state index contributed by atoms with van der Waals surface area (Å²) in [6.07, 6.45) is 6.71. The van der Waals surface area contributed by atoms with Gasteiger partial charge in [0.05, 0.1) is 5.92 Å². The van der Waals surface area contributed by atoms with Gasteiger partial charge in [0.25, 0.3) is 0 Å². The Kier molecular flexibility index (Phi) is 5.60. The van der Waals surface area contributed by atoms with Gasteiger partial charge in [-0.1, -0.05) is 29.8 Å². The van der Waals surface area contributed by atoms with E-state index in [9.17, 15) is 9.59 Å². The fourth-order valence-corrected chi connectivity index (χ4v) is 3.46. The quantitative estimate of drug-likeness (QED) is 0.856. The second-order valence-electron chi connectivity index (χ2n) is 6.20. The zero-order valence-electron chi connectivity index (χ0n) is 14.1. The van der Waals surface area contributed by atoms with Crippen LogP contribution < -0.4 is 5.32 Å². The van der Waals surface area contributed by atoms with Crippen molar-refractivity contribution in [2.45, 2.75) is 19.8 Å². The van der Waals surface area contributed by atoms with E-state index < -0.39 is 0 Å². The average molecular weight is 355 g/mol. The van der Waals surface area contributed by atoms with E-state index in [1.807, 2.05) is 42.6 Å². The normalized spacial score (nSPS) is 17.6. The first kappa shape index (κ1) is 17.4. The summed E-state index contributed by atoms with van der Waals surface area (Å²) in [5.41, 5.74) is 2.16. The minimum absolute atomic E-state index is 0.0479. The molecular weight excluding hydrogens is 334 g/mol. The van der Waals surface area contributed by atoms with Crippen LogP contribution in [-0.2, 0) is 9.59 Å². The number of rotatable bonds is 4. The Morgan fingerprint density at radius 1 is 1.40 bits per heavy atom. The van der Waals surface area contributed by atoms with E-state index in [-0.39, 0.29) is 17.7 Å². The van der Waals surface area contributed by atoms with Gasteiger partial charge in [-0.15, -0.1) is 11.3 Å². The highest BCUT2D eigenvalue weighted by atomic mass is 32.1. The van der Waals surface area contributed by atoms with Gasteiger partial charge < -0.3 is 10.2 Å². The van der Waals surface area contributed by atoms with Gasteiger partial charge in [0.15, 0.2) is 5.13 Å². The van der Waals surface area contributed by atoms with Gasteiger partial charge in [-0.05, 0) is 31.4 Å². The van der Waals surface area contributed by atoms with Crippen molar-refractivity contribution in [2.75, 3.05) is 18.4 Å². The van der Waals surface area contributed by atoms with Crippen LogP contribution in [0.1, 0.15) is 24.0 Å². The van der Waals surface area contributed by atoms with Crippen molar-refractivity contribution in [2.24, 2.45) is 5.92 Å². The second kappa shape index (κ2) is 8.07. The number of aromatic nitrogens is 1. The molecule has 1 N–H and O–H groups in total. The summed E-state index contributed by atoms with van der Waals surface area (Å²) in [6.45, 7) is 3.17. The number of carbonyl (C=O) groups is 2. The van der Waals surface area contributed by atoms with Gasteiger partial charge >= 0.3 is 0 Å². The van der Waals surface area contributed by atoms with Gasteiger partial charge in [0, 0.05) is 30.7 Å². The van der Waals surface area contributed by atoms with Crippen LogP contribution in [-0.4, -0.2) is 34.8 Å². The maximum atomic E-state index is 12.4. The van der Waals surface area contributed by atoms with Gasteiger partial charge in [0.2, 0.25) is 11.8 Å². The van der Waals surface area contributed by atoms with Crippen LogP contribution in [0.3, 0.4) is 0 Å². The summed E-state index contributed by atoms with van der Waals surface area (Å²) in [5, 5.41) is 5.25. The first-order valence-corrected chi connectivity index (χ1v) is 9.24. The molecule has 6 heteroatoms. The molecule has 0 bridgehead atoms. The van der Waals surface area contributed by atoms with Crippen LogP contribution in [0.2, 0.25) is 0 Å². The SMILES string of the molecule is Cc1cccc(/C=C/C(=O)N2CCCC(C(=O)Nc3nccs3)C2)c1. The number of aryl methyl sites for hydroxylation is 1. The smallest absolute Gasteiger partial charge is 0.246 e. The maximum Gasteiger partial charge on any atom is 0.246 e. The Labute approximate surface area is 151 Å². The van der Waals surface area contributed by atoms with Crippen molar-refractivity contribution < 1.29 is 9.59 Å². The lowest BCUT2D eigenvalue weighted by Gasteiger charge is -2.31. The maximum absolute atomic E-state index is 12.4. The third-order valence-electron chi connectivity index (χ3n) is 4.23. The Hall–Kier alpha value is -2.47. The molecule has 1 atom stereocenters. The van der Waals surface area contributed by atoms with E-state index in [1.54, 1.807) is 17.2 Å². The number of hydrogen-bond acceptors (Lipinski definition) is 4. The summed E-state index contributed by atoms with van der Waals surface area (Å²) in [7, 11) is 0. The Morgan fingerprint density at radius 3 is 3.04 bits per heavy atom. The molecule has 0 aliphatic carbocycles. The molecule has 1 aliphatic heterocycles. The van der Waals surface area contributed by atoms with Crippen LogP contribution in [0.25, 0.3) is 6.08 Å². The number of thiazole rings is 1. The Bertz CT molecular complexity index is 771. The molecule has 1 saturated heterocycles. The summed E-state index contributed by atoms with van der Waals surface area (Å²) in [6, 6.07) is 8.00. The van der Waals surface area contributed by atoms with E-state index in [0.717, 1.165) is 24.0 Å². The van der Waals surface area contributed by atoms with Crippen molar-refractivity contribution in [1.82, 2.24) is 9.88 Å². The van der Waals surface area contributed by atoms with E-state index in [4.69, 9.17) is 0 Å². The monoisotopic (exact) mass is 355 g/mol. The van der Waals surface area contributed by atoms with Crippen LogP contribution >= 0.6 is 11.3 Å². The largest absolute Gasteiger partial charge is 0.338 e. The molecule has 0 radical (unpaired) electrons. The number of piperidine rings is 1. The molecule has 5 nitrogen and oxygen atoms in total. The van der Waals surface area contributed by atoms with Gasteiger partial charge in [0.1, 0.15) is 0 Å². The number of hydrogen-bond donors (Lipinski definition) is 1. The summed E-state index contributed by atoms with van der Waals surface area (Å²) in [4.78, 5) is 30.6. The molecule has 25 heavy (non-hydrogen) atoms. The number of nitrogens with one attached hydrogen (secondary N) is 1. The van der Waals surface area contributed by atoms with Crippen LogP contribution in [0, 0.1) is 12.8 Å². The molecule has 130 valence electrons. The third-order valence-corrected chi connectivity index (χ3v) is 4.92. The average Bonchev–Trinajstić information content (AvgIpc) is 3.13. The minimum Gasteiger partial charge on any atom is -0.338 e. The predicted molar refractivity (Wildman–Crippen MR) is 100 cm³/mol. The zero-order chi connectivity index (χ0) is 17.6. The molecule has 1 fully saturated rings. The molecule has 1 aliphatic rings. The van der Waals surface area contributed by atoms with E-state index in [2.05, 4.69) is 10.3 Å². The molecule has 1 unspecified atom stereocenters. The molecular formula is C19H21N3O2S. The summed E-state index contributed by atoms with van der Waals surface area (Å²) >= 11 is 1.39. The topological polar surface area (TPSA) is 62.3 Å². The third kappa shape index (κ3) is 4.76. The number of carbonyl (C=O) groups excluding carboxylic acids is 2. The van der Waals surface area contributed by atoms with Crippen molar-refractivity contribution in [1.29, 1.82) is 0 Å². The molecule has 2 aromatic rings. The van der Waals surface area contributed by atoms with Gasteiger partial charge in [-0.2, -0.15) is 0 Å². The first-order chi connectivity index (χ1) is 12.1. The van der Waals surface area contributed by atoms with Crippen LogP contribution in [0.15, 0.2) is 41.9 Å². The molecule has 2 amide bonds. The van der Waals surface area contributed by atoms with Crippen LogP contribution in [0.4, 0.5) is 5.13 Å². The Morgan fingerprint density at radius 2 is 2.28 bits per heavy atom. The zero-order valence-corrected chi connectivity index (χ0v) is 15.0. The van der Waals surface area contributed by atoms with Crippen molar-refractivity contribution in [3.8, 4) is 0 Å². The number of amides is 2. The van der Waals surface area contributed by atoms with Crippen molar-refractivity contribution >= 4 is 34.4 Å². The van der Waals surface area contributed by atoms with Crippen molar-refractivity contribution in [3.63, 3.8) is 0 Å². The summed E-state index contributed by atoms with van der Waals surface area (Å²) < 4.78 is 0. The number of benzene rings is 1. The molecule has 1 aromatic carbocycles. The van der Waals surface area contributed by atoms with Gasteiger partial charge in [-0.25, -0.2) is 4.98 Å².